The lowest BCUT2D eigenvalue weighted by Gasteiger charge is -2.24. The Morgan fingerprint density at radius 1 is 0.595 bits per heavy atom. The lowest BCUT2D eigenvalue weighted by atomic mass is 10.2. The van der Waals surface area contributed by atoms with Crippen LogP contribution >= 0.6 is 31.9 Å². The highest BCUT2D eigenvalue weighted by Crippen LogP contribution is 2.36. The Kier molecular flexibility index (Phi) is 7.52. The number of sulfonamides is 2. The van der Waals surface area contributed by atoms with Crippen LogP contribution in [0, 0.1) is 0 Å². The summed E-state index contributed by atoms with van der Waals surface area (Å²) in [4.78, 5) is 4.52. The van der Waals surface area contributed by atoms with E-state index in [0.29, 0.717) is 29.5 Å². The van der Waals surface area contributed by atoms with Crippen LogP contribution in [0.15, 0.2) is 146 Å². The van der Waals surface area contributed by atoms with E-state index in [1.165, 1.54) is 36.4 Å². The van der Waals surface area contributed by atoms with Gasteiger partial charge in [0.15, 0.2) is 0 Å². The second kappa shape index (κ2) is 11.1. The van der Waals surface area contributed by atoms with Crippen LogP contribution < -0.4 is 3.71 Å². The van der Waals surface area contributed by atoms with Crippen molar-refractivity contribution in [2.24, 2.45) is 0 Å². The van der Waals surface area contributed by atoms with E-state index in [-0.39, 0.29) is 15.5 Å². The fourth-order valence-corrected chi connectivity index (χ4v) is 8.82. The standard InChI is InChI=1S/C31H21Br2N3O4S2/c32-23-11-16-27(17-12-23)41(37,38)36(42(39,40)28-18-13-24(33)14-19-28)26-15-20-30-29(21-26)34-31(22-7-3-1-4-8-22)35(30)25-9-5-2-6-10-25/h1-21H. The van der Waals surface area contributed by atoms with E-state index in [9.17, 15) is 16.8 Å². The Hall–Kier alpha value is -3.77. The Balaban J connectivity index is 1.60. The number of benzene rings is 5. The molecule has 0 bridgehead atoms. The number of hydrogen-bond donors (Lipinski definition) is 0. The number of imidazole rings is 1. The summed E-state index contributed by atoms with van der Waals surface area (Å²) in [5.74, 6) is 0.632. The minimum absolute atomic E-state index is 0.0642. The summed E-state index contributed by atoms with van der Waals surface area (Å²) >= 11 is 6.62. The van der Waals surface area contributed by atoms with Gasteiger partial charge in [-0.25, -0.2) is 21.8 Å². The average Bonchev–Trinajstić information content (AvgIpc) is 3.37. The summed E-state index contributed by atoms with van der Waals surface area (Å²) in [7, 11) is -9.17. The van der Waals surface area contributed by atoms with Gasteiger partial charge in [-0.15, -0.1) is 0 Å². The summed E-state index contributed by atoms with van der Waals surface area (Å²) < 4.78 is 60.1. The number of nitrogens with zero attached hydrogens (tertiary/aromatic N) is 3. The molecule has 0 radical (unpaired) electrons. The normalized spacial score (nSPS) is 12.0. The Labute approximate surface area is 260 Å². The second-order valence-electron chi connectivity index (χ2n) is 9.26. The first kappa shape index (κ1) is 28.4. The van der Waals surface area contributed by atoms with E-state index in [4.69, 9.17) is 4.98 Å². The molecule has 5 aromatic carbocycles. The quantitative estimate of drug-likeness (QED) is 0.168. The van der Waals surface area contributed by atoms with Gasteiger partial charge in [0.25, 0.3) is 20.0 Å². The molecule has 6 rings (SSSR count). The fraction of sp³-hybridized carbons (Fsp3) is 0. The number of fused-ring (bicyclic) bond motifs is 1. The van der Waals surface area contributed by atoms with Gasteiger partial charge < -0.3 is 0 Å². The molecule has 0 saturated heterocycles. The number of rotatable bonds is 7. The van der Waals surface area contributed by atoms with E-state index in [1.807, 2.05) is 65.2 Å². The predicted octanol–water partition coefficient (Wildman–Crippen LogP) is 7.80. The summed E-state index contributed by atoms with van der Waals surface area (Å²) in [6.45, 7) is 0. The molecule has 1 heterocycles. The molecule has 0 aliphatic carbocycles. The minimum atomic E-state index is -4.58. The molecule has 0 spiro atoms. The zero-order chi connectivity index (χ0) is 29.5. The molecular formula is C31H21Br2N3O4S2. The Morgan fingerprint density at radius 3 is 1.62 bits per heavy atom. The lowest BCUT2D eigenvalue weighted by molar-refractivity contribution is 0.584. The minimum Gasteiger partial charge on any atom is -0.292 e. The van der Waals surface area contributed by atoms with Crippen molar-refractivity contribution in [3.63, 3.8) is 0 Å². The van der Waals surface area contributed by atoms with Gasteiger partial charge in [0.05, 0.1) is 26.5 Å². The van der Waals surface area contributed by atoms with E-state index < -0.39 is 20.0 Å². The van der Waals surface area contributed by atoms with E-state index in [2.05, 4.69) is 31.9 Å². The Bertz CT molecular complexity index is 2040. The molecule has 0 fully saturated rings. The summed E-state index contributed by atoms with van der Waals surface area (Å²) in [5, 5.41) is 0. The van der Waals surface area contributed by atoms with Gasteiger partial charge in [0.1, 0.15) is 5.82 Å². The number of para-hydroxylation sites is 1. The molecule has 42 heavy (non-hydrogen) atoms. The van der Waals surface area contributed by atoms with Crippen molar-refractivity contribution in [3.05, 3.63) is 136 Å². The monoisotopic (exact) mass is 721 g/mol. The molecule has 0 aliphatic rings. The van der Waals surface area contributed by atoms with Crippen LogP contribution in [0.5, 0.6) is 0 Å². The number of hydrogen-bond acceptors (Lipinski definition) is 5. The van der Waals surface area contributed by atoms with Gasteiger partial charge in [-0.3, -0.25) is 4.57 Å². The van der Waals surface area contributed by atoms with Crippen molar-refractivity contribution < 1.29 is 16.8 Å². The third-order valence-corrected chi connectivity index (χ3v) is 11.8. The lowest BCUT2D eigenvalue weighted by Crippen LogP contribution is -2.37. The van der Waals surface area contributed by atoms with E-state index >= 15 is 0 Å². The summed E-state index contributed by atoms with van der Waals surface area (Å²) in [6, 6.07) is 35.6. The molecular weight excluding hydrogens is 702 g/mol. The van der Waals surface area contributed by atoms with E-state index in [0.717, 1.165) is 11.3 Å². The van der Waals surface area contributed by atoms with Crippen LogP contribution in [0.1, 0.15) is 0 Å². The molecule has 1 aromatic heterocycles. The maximum absolute atomic E-state index is 14.1. The first-order valence-electron chi connectivity index (χ1n) is 12.6. The topological polar surface area (TPSA) is 89.3 Å². The predicted molar refractivity (Wildman–Crippen MR) is 172 cm³/mol. The largest absolute Gasteiger partial charge is 0.292 e. The van der Waals surface area contributed by atoms with Crippen LogP contribution in [-0.4, -0.2) is 26.4 Å². The van der Waals surface area contributed by atoms with Crippen LogP contribution in [0.3, 0.4) is 0 Å². The first-order chi connectivity index (χ1) is 20.2. The molecule has 0 aliphatic heterocycles. The van der Waals surface area contributed by atoms with Crippen LogP contribution in [0.4, 0.5) is 5.69 Å². The highest BCUT2D eigenvalue weighted by atomic mass is 79.9. The van der Waals surface area contributed by atoms with Crippen molar-refractivity contribution in [2.45, 2.75) is 9.79 Å². The van der Waals surface area contributed by atoms with Crippen molar-refractivity contribution >= 4 is 68.6 Å². The van der Waals surface area contributed by atoms with Crippen molar-refractivity contribution in [1.29, 1.82) is 0 Å². The zero-order valence-corrected chi connectivity index (χ0v) is 26.5. The van der Waals surface area contributed by atoms with Gasteiger partial charge in [-0.05, 0) is 78.9 Å². The van der Waals surface area contributed by atoms with Crippen molar-refractivity contribution in [3.8, 4) is 17.1 Å². The van der Waals surface area contributed by atoms with Crippen molar-refractivity contribution in [2.75, 3.05) is 3.71 Å². The molecule has 0 atom stereocenters. The average molecular weight is 723 g/mol. The van der Waals surface area contributed by atoms with Crippen molar-refractivity contribution in [1.82, 2.24) is 9.55 Å². The van der Waals surface area contributed by atoms with Crippen LogP contribution in [-0.2, 0) is 20.0 Å². The van der Waals surface area contributed by atoms with Gasteiger partial charge in [-0.2, -0.15) is 3.71 Å². The second-order valence-corrected chi connectivity index (χ2v) is 14.9. The van der Waals surface area contributed by atoms with Gasteiger partial charge in [-0.1, -0.05) is 80.4 Å². The fourth-order valence-electron chi connectivity index (χ4n) is 4.61. The highest BCUT2D eigenvalue weighted by Gasteiger charge is 2.37. The third-order valence-electron chi connectivity index (χ3n) is 6.55. The molecule has 210 valence electrons. The summed E-state index contributed by atoms with van der Waals surface area (Å²) in [5.41, 5.74) is 2.75. The Morgan fingerprint density at radius 2 is 1.10 bits per heavy atom. The molecule has 7 nitrogen and oxygen atoms in total. The molecule has 0 N–H and O–H groups in total. The molecule has 0 unspecified atom stereocenters. The molecule has 6 aromatic rings. The van der Waals surface area contributed by atoms with Gasteiger partial charge in [0.2, 0.25) is 0 Å². The maximum Gasteiger partial charge on any atom is 0.277 e. The van der Waals surface area contributed by atoms with Crippen LogP contribution in [0.2, 0.25) is 0 Å². The molecule has 0 saturated carbocycles. The van der Waals surface area contributed by atoms with Gasteiger partial charge in [0, 0.05) is 20.2 Å². The maximum atomic E-state index is 14.1. The number of anilines is 1. The SMILES string of the molecule is O=S(=O)(c1ccc(Br)cc1)N(c1ccc2c(c1)nc(-c1ccccc1)n2-c1ccccc1)S(=O)(=O)c1ccc(Br)cc1. The van der Waals surface area contributed by atoms with Crippen LogP contribution in [0.25, 0.3) is 28.1 Å². The number of aromatic nitrogens is 2. The highest BCUT2D eigenvalue weighted by molar-refractivity contribution is 9.10. The molecule has 0 amide bonds. The number of halogens is 2. The smallest absolute Gasteiger partial charge is 0.277 e. The van der Waals surface area contributed by atoms with E-state index in [1.54, 1.807) is 30.3 Å². The van der Waals surface area contributed by atoms with Gasteiger partial charge >= 0.3 is 0 Å². The third kappa shape index (κ3) is 5.17. The molecule has 11 heteroatoms. The summed E-state index contributed by atoms with van der Waals surface area (Å²) in [6.07, 6.45) is 0. The zero-order valence-electron chi connectivity index (χ0n) is 21.7. The first-order valence-corrected chi connectivity index (χ1v) is 17.1.